The number of methoxy groups -OCH3 is 1. The smallest absolute Gasteiger partial charge is 0.252 e. The molecule has 1 heterocycles. The average Bonchev–Trinajstić information content (AvgIpc) is 2.82. The number of ether oxygens (including phenoxy) is 1. The predicted molar refractivity (Wildman–Crippen MR) is 128 cm³/mol. The number of amides is 1. The lowest BCUT2D eigenvalue weighted by Gasteiger charge is -2.13. The Balaban J connectivity index is 1.72. The Morgan fingerprint density at radius 1 is 1.03 bits per heavy atom. The van der Waals surface area contributed by atoms with E-state index in [-0.39, 0.29) is 5.91 Å². The molecule has 1 aromatic heterocycles. The summed E-state index contributed by atoms with van der Waals surface area (Å²) in [5.41, 5.74) is 5.33. The highest BCUT2D eigenvalue weighted by Crippen LogP contribution is 2.28. The molecule has 156 valence electrons. The molecule has 0 saturated carbocycles. The summed E-state index contributed by atoms with van der Waals surface area (Å²) >= 11 is 3.51. The summed E-state index contributed by atoms with van der Waals surface area (Å²) in [4.78, 5) is 18.0. The van der Waals surface area contributed by atoms with E-state index >= 15 is 0 Å². The van der Waals surface area contributed by atoms with Gasteiger partial charge in [0.15, 0.2) is 0 Å². The second-order valence-electron chi connectivity index (χ2n) is 7.26. The normalized spacial score (nSPS) is 10.8. The van der Waals surface area contributed by atoms with Crippen molar-refractivity contribution >= 4 is 32.7 Å². The van der Waals surface area contributed by atoms with Crippen LogP contribution in [0.4, 0.5) is 0 Å². The lowest BCUT2D eigenvalue weighted by atomic mass is 10.0. The van der Waals surface area contributed by atoms with Gasteiger partial charge in [0.05, 0.1) is 23.9 Å². The van der Waals surface area contributed by atoms with E-state index in [9.17, 15) is 4.79 Å². The van der Waals surface area contributed by atoms with Crippen LogP contribution in [0.3, 0.4) is 0 Å². The number of benzene rings is 3. The second-order valence-corrected chi connectivity index (χ2v) is 8.18. The highest BCUT2D eigenvalue weighted by atomic mass is 79.9. The number of rotatable bonds is 6. The van der Waals surface area contributed by atoms with Crippen LogP contribution in [0, 0.1) is 0 Å². The first kappa shape index (κ1) is 21.1. The first-order valence-electron chi connectivity index (χ1n) is 10.2. The van der Waals surface area contributed by atoms with E-state index in [2.05, 4.69) is 52.4 Å². The van der Waals surface area contributed by atoms with E-state index in [1.54, 1.807) is 7.11 Å². The van der Waals surface area contributed by atoms with Crippen LogP contribution in [0.25, 0.3) is 22.2 Å². The highest BCUT2D eigenvalue weighted by Gasteiger charge is 2.15. The largest absolute Gasteiger partial charge is 0.496 e. The lowest BCUT2D eigenvalue weighted by molar-refractivity contribution is 0.0952. The van der Waals surface area contributed by atoms with Gasteiger partial charge in [-0.2, -0.15) is 0 Å². The van der Waals surface area contributed by atoms with E-state index < -0.39 is 0 Å². The number of halogens is 1. The molecule has 0 fully saturated rings. The molecule has 1 N–H and O–H groups in total. The quantitative estimate of drug-likeness (QED) is 0.363. The molecule has 4 aromatic rings. The molecule has 0 aliphatic carbocycles. The zero-order chi connectivity index (χ0) is 21.8. The van der Waals surface area contributed by atoms with Crippen molar-refractivity contribution in [3.05, 3.63) is 94.0 Å². The van der Waals surface area contributed by atoms with Gasteiger partial charge >= 0.3 is 0 Å². The monoisotopic (exact) mass is 474 g/mol. The summed E-state index contributed by atoms with van der Waals surface area (Å²) in [7, 11) is 1.63. The van der Waals surface area contributed by atoms with Gasteiger partial charge in [-0.25, -0.2) is 4.98 Å². The minimum Gasteiger partial charge on any atom is -0.496 e. The Bertz CT molecular complexity index is 1240. The van der Waals surface area contributed by atoms with Crippen LogP contribution in [-0.2, 0) is 13.0 Å². The lowest BCUT2D eigenvalue weighted by Crippen LogP contribution is -2.23. The molecule has 3 aromatic carbocycles. The first-order valence-corrected chi connectivity index (χ1v) is 11.0. The van der Waals surface area contributed by atoms with Gasteiger partial charge in [0.2, 0.25) is 0 Å². The van der Waals surface area contributed by atoms with Crippen LogP contribution in [0.15, 0.2) is 77.3 Å². The Hall–Kier alpha value is -3.18. The molecular weight excluding hydrogens is 452 g/mol. The van der Waals surface area contributed by atoms with E-state index in [0.717, 1.165) is 44.4 Å². The molecule has 0 saturated heterocycles. The fourth-order valence-corrected chi connectivity index (χ4v) is 3.93. The molecular formula is C26H23BrN2O2. The number of aryl methyl sites for hydroxylation is 1. The molecule has 4 nitrogen and oxygen atoms in total. The van der Waals surface area contributed by atoms with Crippen molar-refractivity contribution in [2.45, 2.75) is 19.9 Å². The SMILES string of the molecule is CCc1ccc(-c2cc(C(=O)NCc3ccccc3OC)c3cc(Br)ccc3n2)cc1. The Morgan fingerprint density at radius 2 is 1.81 bits per heavy atom. The maximum atomic E-state index is 13.2. The summed E-state index contributed by atoms with van der Waals surface area (Å²) in [5, 5.41) is 3.84. The number of pyridine rings is 1. The summed E-state index contributed by atoms with van der Waals surface area (Å²) in [6.07, 6.45) is 0.982. The molecule has 0 radical (unpaired) electrons. The topological polar surface area (TPSA) is 51.2 Å². The number of carbonyl (C=O) groups excluding carboxylic acids is 1. The Morgan fingerprint density at radius 3 is 2.55 bits per heavy atom. The molecule has 0 unspecified atom stereocenters. The fourth-order valence-electron chi connectivity index (χ4n) is 3.56. The zero-order valence-electron chi connectivity index (χ0n) is 17.5. The first-order chi connectivity index (χ1) is 15.1. The van der Waals surface area contributed by atoms with Crippen LogP contribution in [-0.4, -0.2) is 18.0 Å². The van der Waals surface area contributed by atoms with Crippen molar-refractivity contribution in [3.63, 3.8) is 0 Å². The number of fused-ring (bicyclic) bond motifs is 1. The van der Waals surface area contributed by atoms with Crippen molar-refractivity contribution in [1.82, 2.24) is 10.3 Å². The molecule has 0 aliphatic heterocycles. The number of para-hydroxylation sites is 1. The molecule has 5 heteroatoms. The third-order valence-corrected chi connectivity index (χ3v) is 5.80. The third kappa shape index (κ3) is 4.62. The maximum Gasteiger partial charge on any atom is 0.252 e. The van der Waals surface area contributed by atoms with Crippen LogP contribution < -0.4 is 10.1 Å². The Labute approximate surface area is 190 Å². The van der Waals surface area contributed by atoms with Crippen molar-refractivity contribution in [2.24, 2.45) is 0 Å². The molecule has 0 aliphatic rings. The van der Waals surface area contributed by atoms with E-state index in [0.29, 0.717) is 12.1 Å². The van der Waals surface area contributed by atoms with E-state index in [1.165, 1.54) is 5.56 Å². The average molecular weight is 475 g/mol. The number of carbonyl (C=O) groups is 1. The molecule has 31 heavy (non-hydrogen) atoms. The number of nitrogens with one attached hydrogen (secondary N) is 1. The van der Waals surface area contributed by atoms with Crippen LogP contribution in [0.5, 0.6) is 5.75 Å². The number of hydrogen-bond acceptors (Lipinski definition) is 3. The molecule has 0 atom stereocenters. The highest BCUT2D eigenvalue weighted by molar-refractivity contribution is 9.10. The Kier molecular flexibility index (Phi) is 6.33. The predicted octanol–water partition coefficient (Wildman–Crippen LogP) is 6.17. The summed E-state index contributed by atoms with van der Waals surface area (Å²) in [6.45, 7) is 2.51. The van der Waals surface area contributed by atoms with Gasteiger partial charge in [0.1, 0.15) is 5.75 Å². The summed E-state index contributed by atoms with van der Waals surface area (Å²) in [6, 6.07) is 23.7. The van der Waals surface area contributed by atoms with Gasteiger partial charge < -0.3 is 10.1 Å². The van der Waals surface area contributed by atoms with Gasteiger partial charge in [0.25, 0.3) is 5.91 Å². The minimum absolute atomic E-state index is 0.150. The molecule has 1 amide bonds. The van der Waals surface area contributed by atoms with Crippen LogP contribution in [0.2, 0.25) is 0 Å². The summed E-state index contributed by atoms with van der Waals surface area (Å²) in [5.74, 6) is 0.602. The summed E-state index contributed by atoms with van der Waals surface area (Å²) < 4.78 is 6.30. The van der Waals surface area contributed by atoms with Crippen molar-refractivity contribution in [2.75, 3.05) is 7.11 Å². The van der Waals surface area contributed by atoms with E-state index in [1.807, 2.05) is 48.5 Å². The fraction of sp³-hybridized carbons (Fsp3) is 0.154. The van der Waals surface area contributed by atoms with E-state index in [4.69, 9.17) is 9.72 Å². The van der Waals surface area contributed by atoms with Crippen molar-refractivity contribution in [3.8, 4) is 17.0 Å². The van der Waals surface area contributed by atoms with Gasteiger partial charge in [-0.15, -0.1) is 0 Å². The van der Waals surface area contributed by atoms with Gasteiger partial charge in [-0.05, 0) is 42.3 Å². The second kappa shape index (κ2) is 9.31. The van der Waals surface area contributed by atoms with Crippen molar-refractivity contribution < 1.29 is 9.53 Å². The minimum atomic E-state index is -0.150. The maximum absolute atomic E-state index is 13.2. The number of hydrogen-bond donors (Lipinski definition) is 1. The van der Waals surface area contributed by atoms with Gasteiger partial charge in [-0.3, -0.25) is 4.79 Å². The molecule has 4 rings (SSSR count). The molecule has 0 bridgehead atoms. The van der Waals surface area contributed by atoms with Crippen LogP contribution in [0.1, 0.15) is 28.4 Å². The molecule has 0 spiro atoms. The van der Waals surface area contributed by atoms with Gasteiger partial charge in [-0.1, -0.05) is 65.3 Å². The number of aromatic nitrogens is 1. The van der Waals surface area contributed by atoms with Crippen LogP contribution >= 0.6 is 15.9 Å². The van der Waals surface area contributed by atoms with Crippen molar-refractivity contribution in [1.29, 1.82) is 0 Å². The zero-order valence-corrected chi connectivity index (χ0v) is 19.1. The van der Waals surface area contributed by atoms with Gasteiger partial charge in [0, 0.05) is 27.5 Å². The number of nitrogens with zero attached hydrogens (tertiary/aromatic N) is 1. The third-order valence-electron chi connectivity index (χ3n) is 5.31. The standard InChI is InChI=1S/C26H23BrN2O2/c1-3-17-8-10-18(11-9-17)24-15-22(21-14-20(27)12-13-23(21)29-24)26(30)28-16-19-6-4-5-7-25(19)31-2/h4-15H,3,16H2,1-2H3,(H,28,30).